The molecule has 1 aliphatic rings. The molecule has 0 aromatic heterocycles. The highest BCUT2D eigenvalue weighted by molar-refractivity contribution is 9.10. The van der Waals surface area contributed by atoms with Gasteiger partial charge in [-0.15, -0.1) is 0 Å². The molecular weight excluding hydrogens is 440 g/mol. The summed E-state index contributed by atoms with van der Waals surface area (Å²) < 4.78 is 11.3. The second kappa shape index (κ2) is 10.9. The molecule has 7 nitrogen and oxygen atoms in total. The van der Waals surface area contributed by atoms with Crippen molar-refractivity contribution in [3.8, 4) is 17.6 Å². The van der Waals surface area contributed by atoms with Gasteiger partial charge in [0.15, 0.2) is 18.1 Å². The number of benzene rings is 1. The Morgan fingerprint density at radius 2 is 2.07 bits per heavy atom. The second-order valence-electron chi connectivity index (χ2n) is 6.96. The third kappa shape index (κ3) is 6.50. The normalized spacial score (nSPS) is 19.2. The molecular formula is C21H25BrN2O5. The molecule has 2 rings (SSSR count). The zero-order valence-corrected chi connectivity index (χ0v) is 18.1. The molecule has 2 N–H and O–H groups in total. The minimum atomic E-state index is -1.11. The molecule has 0 aliphatic heterocycles. The molecule has 0 radical (unpaired) electrons. The van der Waals surface area contributed by atoms with Gasteiger partial charge in [0.2, 0.25) is 0 Å². The Balaban J connectivity index is 2.26. The van der Waals surface area contributed by atoms with E-state index in [1.807, 2.05) is 6.07 Å². The van der Waals surface area contributed by atoms with Gasteiger partial charge < -0.3 is 19.9 Å². The number of halogens is 1. The molecule has 8 heteroatoms. The first-order valence-electron chi connectivity index (χ1n) is 9.59. The van der Waals surface area contributed by atoms with Crippen LogP contribution in [0.15, 0.2) is 22.2 Å². The lowest BCUT2D eigenvalue weighted by atomic mass is 9.86. The lowest BCUT2D eigenvalue weighted by Gasteiger charge is -2.29. The van der Waals surface area contributed by atoms with Crippen molar-refractivity contribution in [2.45, 2.75) is 45.6 Å². The van der Waals surface area contributed by atoms with Crippen molar-refractivity contribution in [3.05, 3.63) is 27.7 Å². The monoisotopic (exact) mass is 464 g/mol. The van der Waals surface area contributed by atoms with E-state index in [9.17, 15) is 14.9 Å². The molecule has 29 heavy (non-hydrogen) atoms. The molecule has 2 atom stereocenters. The Morgan fingerprint density at radius 1 is 1.34 bits per heavy atom. The lowest BCUT2D eigenvalue weighted by Crippen LogP contribution is -2.41. The fraction of sp³-hybridized carbons (Fsp3) is 0.476. The first-order chi connectivity index (χ1) is 13.8. The topological polar surface area (TPSA) is 109 Å². The maximum absolute atomic E-state index is 12.6. The third-order valence-electron chi connectivity index (χ3n) is 4.78. The van der Waals surface area contributed by atoms with Gasteiger partial charge >= 0.3 is 5.97 Å². The smallest absolute Gasteiger partial charge is 0.341 e. The van der Waals surface area contributed by atoms with E-state index in [4.69, 9.17) is 14.6 Å². The Kier molecular flexibility index (Phi) is 8.52. The number of carboxylic acid groups (broad SMARTS) is 1. The van der Waals surface area contributed by atoms with Crippen LogP contribution in [-0.4, -0.2) is 36.2 Å². The number of hydrogen-bond donors (Lipinski definition) is 2. The van der Waals surface area contributed by atoms with Crippen LogP contribution in [0.3, 0.4) is 0 Å². The first kappa shape index (κ1) is 22.8. The van der Waals surface area contributed by atoms with Crippen LogP contribution >= 0.6 is 15.9 Å². The summed E-state index contributed by atoms with van der Waals surface area (Å²) in [6.45, 7) is 3.73. The van der Waals surface area contributed by atoms with E-state index >= 15 is 0 Å². The number of nitrogens with one attached hydrogen (secondary N) is 1. The van der Waals surface area contributed by atoms with E-state index in [0.717, 1.165) is 19.3 Å². The Labute approximate surface area is 178 Å². The van der Waals surface area contributed by atoms with Crippen LogP contribution in [0.2, 0.25) is 0 Å². The van der Waals surface area contributed by atoms with Crippen molar-refractivity contribution in [1.82, 2.24) is 5.32 Å². The maximum Gasteiger partial charge on any atom is 0.341 e. The third-order valence-corrected chi connectivity index (χ3v) is 5.36. The fourth-order valence-corrected chi connectivity index (χ4v) is 3.87. The highest BCUT2D eigenvalue weighted by Crippen LogP contribution is 2.37. The summed E-state index contributed by atoms with van der Waals surface area (Å²) in [6, 6.07) is 5.30. The van der Waals surface area contributed by atoms with Gasteiger partial charge in [0, 0.05) is 6.04 Å². The average molecular weight is 465 g/mol. The molecule has 1 aromatic carbocycles. The number of carboxylic acids is 1. The van der Waals surface area contributed by atoms with Crippen LogP contribution in [0.5, 0.6) is 11.5 Å². The van der Waals surface area contributed by atoms with E-state index in [0.29, 0.717) is 28.3 Å². The zero-order valence-electron chi connectivity index (χ0n) is 16.5. The summed E-state index contributed by atoms with van der Waals surface area (Å²) in [5, 5.41) is 21.3. The maximum atomic E-state index is 12.6. The Hall–Kier alpha value is -2.53. The van der Waals surface area contributed by atoms with Crippen molar-refractivity contribution < 1.29 is 24.2 Å². The molecule has 1 aliphatic carbocycles. The highest BCUT2D eigenvalue weighted by Gasteiger charge is 2.24. The number of nitrogens with zero attached hydrogens (tertiary/aromatic N) is 1. The van der Waals surface area contributed by atoms with Crippen molar-refractivity contribution >= 4 is 33.9 Å². The molecule has 0 unspecified atom stereocenters. The first-order valence-corrected chi connectivity index (χ1v) is 10.4. The van der Waals surface area contributed by atoms with Gasteiger partial charge in [-0.2, -0.15) is 5.26 Å². The summed E-state index contributed by atoms with van der Waals surface area (Å²) in [5.41, 5.74) is 0.558. The number of hydrogen-bond acceptors (Lipinski definition) is 5. The molecule has 0 bridgehead atoms. The number of amides is 1. The van der Waals surface area contributed by atoms with Gasteiger partial charge in [0.1, 0.15) is 11.6 Å². The van der Waals surface area contributed by atoms with Crippen LogP contribution in [0.4, 0.5) is 0 Å². The van der Waals surface area contributed by atoms with Crippen LogP contribution < -0.4 is 14.8 Å². The number of ether oxygens (including phenoxy) is 2. The molecule has 1 saturated carbocycles. The van der Waals surface area contributed by atoms with E-state index in [1.165, 1.54) is 12.5 Å². The zero-order chi connectivity index (χ0) is 21.4. The van der Waals surface area contributed by atoms with E-state index in [-0.39, 0.29) is 17.4 Å². The number of carbonyl (C=O) groups is 2. The second-order valence-corrected chi connectivity index (χ2v) is 7.81. The van der Waals surface area contributed by atoms with Crippen molar-refractivity contribution in [2.24, 2.45) is 5.92 Å². The summed E-state index contributed by atoms with van der Waals surface area (Å²) in [4.78, 5) is 23.4. The van der Waals surface area contributed by atoms with E-state index in [1.54, 1.807) is 19.1 Å². The minimum absolute atomic E-state index is 0.00340. The predicted molar refractivity (Wildman–Crippen MR) is 112 cm³/mol. The molecule has 156 valence electrons. The van der Waals surface area contributed by atoms with Gasteiger partial charge in [-0.1, -0.05) is 19.8 Å². The van der Waals surface area contributed by atoms with Crippen LogP contribution in [0.1, 0.15) is 45.1 Å². The van der Waals surface area contributed by atoms with Crippen LogP contribution in [0.25, 0.3) is 6.08 Å². The molecule has 1 fully saturated rings. The molecule has 0 spiro atoms. The minimum Gasteiger partial charge on any atom is -0.490 e. The van der Waals surface area contributed by atoms with Gasteiger partial charge in [-0.05, 0) is 65.4 Å². The van der Waals surface area contributed by atoms with Crippen molar-refractivity contribution in [1.29, 1.82) is 5.26 Å². The molecule has 0 heterocycles. The highest BCUT2D eigenvalue weighted by atomic mass is 79.9. The summed E-state index contributed by atoms with van der Waals surface area (Å²) in [7, 11) is 0. The summed E-state index contributed by atoms with van der Waals surface area (Å²) in [6.07, 6.45) is 5.71. The fourth-order valence-electron chi connectivity index (χ4n) is 3.30. The molecule has 1 aromatic rings. The largest absolute Gasteiger partial charge is 0.490 e. The predicted octanol–water partition coefficient (Wildman–Crippen LogP) is 3.91. The van der Waals surface area contributed by atoms with Gasteiger partial charge in [-0.25, -0.2) is 4.79 Å². The van der Waals surface area contributed by atoms with E-state index in [2.05, 4.69) is 28.2 Å². The number of nitriles is 1. The number of rotatable bonds is 8. The molecule has 1 amide bonds. The summed E-state index contributed by atoms with van der Waals surface area (Å²) in [5.74, 6) is -0.536. The standard InChI is InChI=1S/C21H25BrN2O5/c1-3-28-18-10-14(9-16(22)20(18)29-12-19(25)26)8-15(11-23)21(27)24-17-7-5-4-6-13(17)2/h8-10,13,17H,3-7,12H2,1-2H3,(H,24,27)(H,25,26)/b15-8+/t13-,17-/m1/s1. The number of aliphatic carboxylic acids is 1. The van der Waals surface area contributed by atoms with Crippen molar-refractivity contribution in [2.75, 3.05) is 13.2 Å². The SMILES string of the molecule is CCOc1cc(/C=C(\C#N)C(=O)N[C@@H]2CCCC[C@H]2C)cc(Br)c1OCC(=O)O. The Bertz CT molecular complexity index is 831. The summed E-state index contributed by atoms with van der Waals surface area (Å²) >= 11 is 3.34. The lowest BCUT2D eigenvalue weighted by molar-refractivity contribution is -0.139. The Morgan fingerprint density at radius 3 is 2.69 bits per heavy atom. The number of carbonyl (C=O) groups excluding carboxylic acids is 1. The molecule has 0 saturated heterocycles. The van der Waals surface area contributed by atoms with E-state index < -0.39 is 18.5 Å². The van der Waals surface area contributed by atoms with Crippen molar-refractivity contribution in [3.63, 3.8) is 0 Å². The van der Waals surface area contributed by atoms with Gasteiger partial charge in [-0.3, -0.25) is 4.79 Å². The quantitative estimate of drug-likeness (QED) is 0.445. The average Bonchev–Trinajstić information content (AvgIpc) is 2.67. The van der Waals surface area contributed by atoms with Crippen LogP contribution in [-0.2, 0) is 9.59 Å². The van der Waals surface area contributed by atoms with Gasteiger partial charge in [0.25, 0.3) is 5.91 Å². The van der Waals surface area contributed by atoms with Gasteiger partial charge in [0.05, 0.1) is 11.1 Å². The van der Waals surface area contributed by atoms with Crippen LogP contribution in [0, 0.1) is 17.2 Å².